The zero-order valence-corrected chi connectivity index (χ0v) is 22.9. The van der Waals surface area contributed by atoms with Gasteiger partial charge in [0.1, 0.15) is 23.9 Å². The molecule has 6 heteroatoms. The van der Waals surface area contributed by atoms with Crippen LogP contribution in [0.3, 0.4) is 0 Å². The lowest BCUT2D eigenvalue weighted by Gasteiger charge is -2.45. The number of rotatable bonds is 10. The summed E-state index contributed by atoms with van der Waals surface area (Å²) >= 11 is 0. The summed E-state index contributed by atoms with van der Waals surface area (Å²) in [6.45, 7) is 18.4. The maximum Gasteiger partial charge on any atom is 0.261 e. The van der Waals surface area contributed by atoms with Crippen molar-refractivity contribution in [3.63, 3.8) is 0 Å². The Kier molecular flexibility index (Phi) is 8.26. The molecule has 3 rings (SSSR count). The van der Waals surface area contributed by atoms with Crippen LogP contribution in [0.5, 0.6) is 0 Å². The highest BCUT2D eigenvalue weighted by Gasteiger charge is 2.58. The van der Waals surface area contributed by atoms with Gasteiger partial charge in [-0.15, -0.1) is 13.2 Å². The first-order valence-electron chi connectivity index (χ1n) is 12.1. The molecule has 0 radical (unpaired) electrons. The number of hydrogen-bond donors (Lipinski definition) is 1. The van der Waals surface area contributed by atoms with Crippen LogP contribution in [0.15, 0.2) is 86.0 Å². The van der Waals surface area contributed by atoms with E-state index in [0.29, 0.717) is 0 Å². The number of aliphatic hydroxyl groups excluding tert-OH is 1. The molecule has 0 spiro atoms. The van der Waals surface area contributed by atoms with Gasteiger partial charge in [0.05, 0.1) is 6.61 Å². The summed E-state index contributed by atoms with van der Waals surface area (Å²) in [5.74, 6) is -0.925. The molecule has 0 amide bonds. The van der Waals surface area contributed by atoms with Crippen molar-refractivity contribution in [3.05, 3.63) is 86.0 Å². The van der Waals surface area contributed by atoms with E-state index in [9.17, 15) is 5.11 Å². The van der Waals surface area contributed by atoms with E-state index in [1.54, 1.807) is 13.2 Å². The molecular weight excluding hydrogens is 456 g/mol. The predicted octanol–water partition coefficient (Wildman–Crippen LogP) is 4.20. The fourth-order valence-corrected chi connectivity index (χ4v) is 9.78. The highest BCUT2D eigenvalue weighted by molar-refractivity contribution is 6.99. The van der Waals surface area contributed by atoms with E-state index in [1.807, 2.05) is 26.0 Å². The van der Waals surface area contributed by atoms with Crippen molar-refractivity contribution >= 4 is 18.7 Å². The van der Waals surface area contributed by atoms with Gasteiger partial charge >= 0.3 is 0 Å². The molecule has 1 aliphatic heterocycles. The van der Waals surface area contributed by atoms with Crippen molar-refractivity contribution < 1.29 is 23.7 Å². The molecule has 4 atom stereocenters. The lowest BCUT2D eigenvalue weighted by Crippen LogP contribution is -2.68. The van der Waals surface area contributed by atoms with Gasteiger partial charge in [-0.3, -0.25) is 0 Å². The summed E-state index contributed by atoms with van der Waals surface area (Å²) in [4.78, 5) is 0. The van der Waals surface area contributed by atoms with Gasteiger partial charge in [-0.05, 0) is 29.3 Å². The van der Waals surface area contributed by atoms with Gasteiger partial charge in [-0.2, -0.15) is 0 Å². The van der Waals surface area contributed by atoms with Crippen molar-refractivity contribution in [2.45, 2.75) is 69.4 Å². The zero-order valence-electron chi connectivity index (χ0n) is 21.9. The number of methoxy groups -OCH3 is 1. The Bertz CT molecular complexity index is 946. The van der Waals surface area contributed by atoms with Crippen molar-refractivity contribution in [1.29, 1.82) is 0 Å². The van der Waals surface area contributed by atoms with Gasteiger partial charge in [-0.1, -0.05) is 93.6 Å². The van der Waals surface area contributed by atoms with Gasteiger partial charge < -0.3 is 23.7 Å². The van der Waals surface area contributed by atoms with Crippen molar-refractivity contribution in [2.75, 3.05) is 13.7 Å². The SMILES string of the molecule is C=C[C@H](O)[C@@H](OC)[C@@H]1OC(C)(C)O[C@@]1(C=C)CO[Si](c1ccccc1)(c1ccccc1)C(C)(C)C. The predicted molar refractivity (Wildman–Crippen MR) is 144 cm³/mol. The molecular formula is C29H40O5Si. The fraction of sp³-hybridized carbons (Fsp3) is 0.448. The largest absolute Gasteiger partial charge is 0.404 e. The molecule has 190 valence electrons. The first-order chi connectivity index (χ1) is 16.5. The third-order valence-electron chi connectivity index (χ3n) is 6.75. The van der Waals surface area contributed by atoms with Crippen LogP contribution in [0.2, 0.25) is 5.04 Å². The van der Waals surface area contributed by atoms with Crippen molar-refractivity contribution in [3.8, 4) is 0 Å². The maximum absolute atomic E-state index is 10.6. The van der Waals surface area contributed by atoms with Crippen LogP contribution in [0.1, 0.15) is 34.6 Å². The Balaban J connectivity index is 2.14. The summed E-state index contributed by atoms with van der Waals surface area (Å²) in [6, 6.07) is 20.9. The average molecular weight is 497 g/mol. The molecule has 0 unspecified atom stereocenters. The lowest BCUT2D eigenvalue weighted by atomic mass is 9.91. The van der Waals surface area contributed by atoms with Crippen LogP contribution in [-0.2, 0) is 18.6 Å². The second-order valence-electron chi connectivity index (χ2n) is 10.6. The Hall–Kier alpha value is -2.06. The number of hydrogen-bond acceptors (Lipinski definition) is 5. The molecule has 1 N–H and O–H groups in total. The third-order valence-corrected chi connectivity index (χ3v) is 11.7. The molecule has 0 aromatic heterocycles. The standard InChI is InChI=1S/C29H40O5Si/c1-9-24(30)25(31-8)26-29(10-2,34-28(6,7)33-26)21-32-35(27(3,4)5,22-17-13-11-14-18-22)23-19-15-12-16-20-23/h9-20,24-26,30H,1-2,21H2,3-8H3/t24-,25+,26-,29-/m0/s1. The maximum atomic E-state index is 10.6. The molecule has 2 aromatic carbocycles. The van der Waals surface area contributed by atoms with E-state index in [0.717, 1.165) is 0 Å². The molecule has 35 heavy (non-hydrogen) atoms. The van der Waals surface area contributed by atoms with E-state index in [-0.39, 0.29) is 11.6 Å². The topological polar surface area (TPSA) is 57.2 Å². The van der Waals surface area contributed by atoms with E-state index in [1.165, 1.54) is 16.4 Å². The fourth-order valence-electron chi connectivity index (χ4n) is 5.18. The second-order valence-corrected chi connectivity index (χ2v) is 14.9. The zero-order chi connectivity index (χ0) is 25.9. The smallest absolute Gasteiger partial charge is 0.261 e. The van der Waals surface area contributed by atoms with Crippen LogP contribution in [0, 0.1) is 0 Å². The summed E-state index contributed by atoms with van der Waals surface area (Å²) in [7, 11) is -1.30. The summed E-state index contributed by atoms with van der Waals surface area (Å²) in [5, 5.41) is 12.8. The van der Waals surface area contributed by atoms with E-state index in [2.05, 4.69) is 82.5 Å². The Morgan fingerprint density at radius 1 is 1.03 bits per heavy atom. The van der Waals surface area contributed by atoms with Gasteiger partial charge in [0.15, 0.2) is 5.79 Å². The number of ether oxygens (including phenoxy) is 3. The quantitative estimate of drug-likeness (QED) is 0.395. The van der Waals surface area contributed by atoms with Gasteiger partial charge in [0.25, 0.3) is 8.32 Å². The minimum atomic E-state index is -2.84. The molecule has 1 saturated heterocycles. The molecule has 1 heterocycles. The van der Waals surface area contributed by atoms with Crippen LogP contribution in [0.25, 0.3) is 0 Å². The van der Waals surface area contributed by atoms with Crippen LogP contribution in [-0.4, -0.2) is 56.8 Å². The Morgan fingerprint density at radius 2 is 1.54 bits per heavy atom. The van der Waals surface area contributed by atoms with Crippen LogP contribution >= 0.6 is 0 Å². The average Bonchev–Trinajstić information content (AvgIpc) is 3.11. The Labute approximate surface area is 211 Å². The highest BCUT2D eigenvalue weighted by atomic mass is 28.4. The van der Waals surface area contributed by atoms with Gasteiger partial charge in [0.2, 0.25) is 0 Å². The van der Waals surface area contributed by atoms with Crippen LogP contribution in [0.4, 0.5) is 0 Å². The molecule has 0 bridgehead atoms. The summed E-state index contributed by atoms with van der Waals surface area (Å²) in [5.41, 5.74) is -1.05. The van der Waals surface area contributed by atoms with Crippen LogP contribution < -0.4 is 10.4 Å². The van der Waals surface area contributed by atoms with Crippen molar-refractivity contribution in [1.82, 2.24) is 0 Å². The molecule has 0 saturated carbocycles. The first-order valence-corrected chi connectivity index (χ1v) is 14.0. The van der Waals surface area contributed by atoms with Crippen molar-refractivity contribution in [2.24, 2.45) is 0 Å². The monoisotopic (exact) mass is 496 g/mol. The Morgan fingerprint density at radius 3 is 1.94 bits per heavy atom. The molecule has 5 nitrogen and oxygen atoms in total. The minimum absolute atomic E-state index is 0.182. The third kappa shape index (κ3) is 5.24. The molecule has 1 aliphatic rings. The minimum Gasteiger partial charge on any atom is -0.404 e. The summed E-state index contributed by atoms with van der Waals surface area (Å²) in [6.07, 6.45) is 0.849. The van der Waals surface area contributed by atoms with E-state index in [4.69, 9.17) is 18.6 Å². The van der Waals surface area contributed by atoms with E-state index < -0.39 is 38.0 Å². The molecule has 1 fully saturated rings. The molecule has 2 aromatic rings. The van der Waals surface area contributed by atoms with E-state index >= 15 is 0 Å². The number of aliphatic hydroxyl groups is 1. The normalized spacial score (nSPS) is 24.0. The summed E-state index contributed by atoms with van der Waals surface area (Å²) < 4.78 is 25.7. The molecule has 0 aliphatic carbocycles. The second kappa shape index (κ2) is 10.5. The lowest BCUT2D eigenvalue weighted by molar-refractivity contribution is -0.168. The van der Waals surface area contributed by atoms with Gasteiger partial charge in [-0.25, -0.2) is 0 Å². The first kappa shape index (κ1) is 27.5. The van der Waals surface area contributed by atoms with Gasteiger partial charge in [0, 0.05) is 7.11 Å². The highest BCUT2D eigenvalue weighted by Crippen LogP contribution is 2.43. The number of benzene rings is 2.